The predicted molar refractivity (Wildman–Crippen MR) is 84.2 cm³/mol. The lowest BCUT2D eigenvalue weighted by Crippen LogP contribution is -2.46. The molecule has 128 valence electrons. The van der Waals surface area contributed by atoms with Crippen molar-refractivity contribution in [1.82, 2.24) is 9.97 Å². The molecule has 3 heterocycles. The van der Waals surface area contributed by atoms with Gasteiger partial charge in [0.25, 0.3) is 0 Å². The van der Waals surface area contributed by atoms with Crippen LogP contribution < -0.4 is 16.0 Å². The van der Waals surface area contributed by atoms with E-state index >= 15 is 0 Å². The van der Waals surface area contributed by atoms with Gasteiger partial charge in [-0.05, 0) is 6.92 Å². The minimum Gasteiger partial charge on any atom is -0.382 e. The summed E-state index contributed by atoms with van der Waals surface area (Å²) in [5.41, 5.74) is 6.61. The Balaban J connectivity index is 1.84. The summed E-state index contributed by atoms with van der Waals surface area (Å²) in [6.07, 6.45) is 0.391. The molecule has 0 radical (unpaired) electrons. The van der Waals surface area contributed by atoms with Crippen LogP contribution in [0.1, 0.15) is 6.92 Å². The average molecular weight is 325 g/mol. The standard InChI is InChI=1S/C14H23N5O4/c1-4-22-5-8-10(20-2)11(21-3)14(23-8)19-7-18-9-12(15)16-6-17-13(9)19/h6,8,10-11,14,18H,4-5,7H2,1-3H3,(H2,15,16,17). The van der Waals surface area contributed by atoms with Gasteiger partial charge in [0.2, 0.25) is 0 Å². The Kier molecular flexibility index (Phi) is 4.81. The largest absolute Gasteiger partial charge is 0.382 e. The molecule has 1 aromatic heterocycles. The van der Waals surface area contributed by atoms with Crippen molar-refractivity contribution in [2.75, 3.05) is 50.1 Å². The minimum absolute atomic E-state index is 0.210. The van der Waals surface area contributed by atoms with Crippen molar-refractivity contribution in [2.45, 2.75) is 31.5 Å². The van der Waals surface area contributed by atoms with Crippen molar-refractivity contribution in [3.8, 4) is 0 Å². The first kappa shape index (κ1) is 16.2. The molecule has 0 aromatic carbocycles. The number of nitrogens with one attached hydrogen (secondary N) is 1. The maximum atomic E-state index is 6.16. The molecule has 1 aromatic rings. The van der Waals surface area contributed by atoms with E-state index < -0.39 is 0 Å². The molecule has 0 saturated carbocycles. The van der Waals surface area contributed by atoms with E-state index in [4.69, 9.17) is 24.7 Å². The lowest BCUT2D eigenvalue weighted by molar-refractivity contribution is -0.0545. The first-order valence-electron chi connectivity index (χ1n) is 7.61. The van der Waals surface area contributed by atoms with Gasteiger partial charge in [-0.3, -0.25) is 0 Å². The molecule has 0 spiro atoms. The van der Waals surface area contributed by atoms with Crippen LogP contribution in [0.2, 0.25) is 0 Å². The summed E-state index contributed by atoms with van der Waals surface area (Å²) < 4.78 is 22.9. The van der Waals surface area contributed by atoms with E-state index in [1.807, 2.05) is 11.8 Å². The Morgan fingerprint density at radius 3 is 2.83 bits per heavy atom. The van der Waals surface area contributed by atoms with E-state index in [9.17, 15) is 0 Å². The lowest BCUT2D eigenvalue weighted by Gasteiger charge is -2.28. The Morgan fingerprint density at radius 2 is 2.13 bits per heavy atom. The number of fused-ring (bicyclic) bond motifs is 1. The van der Waals surface area contributed by atoms with E-state index in [0.29, 0.717) is 37.2 Å². The van der Waals surface area contributed by atoms with Gasteiger partial charge >= 0.3 is 0 Å². The number of hydrogen-bond acceptors (Lipinski definition) is 9. The van der Waals surface area contributed by atoms with Gasteiger partial charge in [0.05, 0.1) is 13.3 Å². The lowest BCUT2D eigenvalue weighted by atomic mass is 10.1. The first-order chi connectivity index (χ1) is 11.2. The van der Waals surface area contributed by atoms with Gasteiger partial charge in [-0.25, -0.2) is 9.97 Å². The second kappa shape index (κ2) is 6.83. The van der Waals surface area contributed by atoms with Crippen LogP contribution >= 0.6 is 0 Å². The molecule has 4 atom stereocenters. The van der Waals surface area contributed by atoms with E-state index in [1.165, 1.54) is 6.33 Å². The third kappa shape index (κ3) is 2.80. The van der Waals surface area contributed by atoms with Crippen molar-refractivity contribution >= 4 is 17.3 Å². The molecule has 3 N–H and O–H groups in total. The van der Waals surface area contributed by atoms with E-state index in [2.05, 4.69) is 15.3 Å². The average Bonchev–Trinajstić information content (AvgIpc) is 3.13. The smallest absolute Gasteiger partial charge is 0.162 e. The molecule has 0 amide bonds. The Bertz CT molecular complexity index is 546. The van der Waals surface area contributed by atoms with E-state index in [-0.39, 0.29) is 24.5 Å². The number of nitrogens with two attached hydrogens (primary N) is 1. The topological polar surface area (TPSA) is 104 Å². The number of nitrogens with zero attached hydrogens (tertiary/aromatic N) is 3. The Labute approximate surface area is 135 Å². The zero-order valence-electron chi connectivity index (χ0n) is 13.6. The number of aromatic nitrogens is 2. The third-order valence-corrected chi connectivity index (χ3v) is 4.18. The van der Waals surface area contributed by atoms with Crippen molar-refractivity contribution in [2.24, 2.45) is 0 Å². The molecular weight excluding hydrogens is 302 g/mol. The summed E-state index contributed by atoms with van der Waals surface area (Å²) in [5, 5.41) is 3.20. The monoisotopic (exact) mass is 325 g/mol. The molecule has 23 heavy (non-hydrogen) atoms. The summed E-state index contributed by atoms with van der Waals surface area (Å²) in [7, 11) is 3.30. The maximum Gasteiger partial charge on any atom is 0.162 e. The van der Waals surface area contributed by atoms with Crippen molar-refractivity contribution < 1.29 is 18.9 Å². The first-order valence-corrected chi connectivity index (χ1v) is 7.61. The maximum absolute atomic E-state index is 6.16. The fourth-order valence-electron chi connectivity index (χ4n) is 3.09. The van der Waals surface area contributed by atoms with Crippen molar-refractivity contribution in [3.63, 3.8) is 0 Å². The fraction of sp³-hybridized carbons (Fsp3) is 0.714. The highest BCUT2D eigenvalue weighted by Gasteiger charge is 2.49. The molecule has 3 rings (SSSR count). The summed E-state index contributed by atoms with van der Waals surface area (Å²) >= 11 is 0. The molecule has 9 nitrogen and oxygen atoms in total. The van der Waals surface area contributed by atoms with Gasteiger partial charge in [-0.15, -0.1) is 0 Å². The predicted octanol–water partition coefficient (Wildman–Crippen LogP) is 0.0396. The third-order valence-electron chi connectivity index (χ3n) is 4.18. The molecule has 4 unspecified atom stereocenters. The molecule has 0 aliphatic carbocycles. The summed E-state index contributed by atoms with van der Waals surface area (Å²) in [6.45, 7) is 3.53. The molecule has 9 heteroatoms. The zero-order chi connectivity index (χ0) is 16.4. The highest BCUT2D eigenvalue weighted by molar-refractivity contribution is 5.80. The van der Waals surface area contributed by atoms with Crippen molar-refractivity contribution in [3.05, 3.63) is 6.33 Å². The number of anilines is 3. The Hall–Kier alpha value is -1.68. The SMILES string of the molecule is CCOCC1OC(N2CNc3c(N)ncnc32)C(OC)C1OC. The fourth-order valence-corrected chi connectivity index (χ4v) is 3.09. The van der Waals surface area contributed by atoms with Crippen LogP contribution in [0.15, 0.2) is 6.33 Å². The van der Waals surface area contributed by atoms with Crippen LogP contribution in [0.5, 0.6) is 0 Å². The highest BCUT2D eigenvalue weighted by atomic mass is 16.6. The number of hydrogen-bond donors (Lipinski definition) is 2. The molecule has 2 aliphatic heterocycles. The molecule has 1 fully saturated rings. The molecule has 0 bridgehead atoms. The normalized spacial score (nSPS) is 29.6. The van der Waals surface area contributed by atoms with Crippen LogP contribution in [0.25, 0.3) is 0 Å². The number of methoxy groups -OCH3 is 2. The minimum atomic E-state index is -0.349. The van der Waals surface area contributed by atoms with Gasteiger partial charge in [0.1, 0.15) is 30.3 Å². The van der Waals surface area contributed by atoms with Gasteiger partial charge in [0, 0.05) is 20.8 Å². The van der Waals surface area contributed by atoms with Crippen LogP contribution in [0, 0.1) is 0 Å². The number of nitrogen functional groups attached to an aromatic ring is 1. The number of rotatable bonds is 6. The van der Waals surface area contributed by atoms with E-state index in [1.54, 1.807) is 14.2 Å². The second-order valence-electron chi connectivity index (χ2n) is 5.39. The summed E-state index contributed by atoms with van der Waals surface area (Å²) in [5.74, 6) is 1.12. The Morgan fingerprint density at radius 1 is 1.35 bits per heavy atom. The molecular formula is C14H23N5O4. The van der Waals surface area contributed by atoms with Crippen LogP contribution in [-0.4, -0.2) is 68.6 Å². The number of ether oxygens (including phenoxy) is 4. The second-order valence-corrected chi connectivity index (χ2v) is 5.39. The zero-order valence-corrected chi connectivity index (χ0v) is 13.6. The van der Waals surface area contributed by atoms with Gasteiger partial charge in [-0.2, -0.15) is 0 Å². The van der Waals surface area contributed by atoms with Crippen LogP contribution in [-0.2, 0) is 18.9 Å². The summed E-state index contributed by atoms with van der Waals surface area (Å²) in [4.78, 5) is 10.3. The van der Waals surface area contributed by atoms with Crippen LogP contribution in [0.4, 0.5) is 17.3 Å². The van der Waals surface area contributed by atoms with Crippen LogP contribution in [0.3, 0.4) is 0 Å². The quantitative estimate of drug-likeness (QED) is 0.750. The summed E-state index contributed by atoms with van der Waals surface area (Å²) in [6, 6.07) is 0. The van der Waals surface area contributed by atoms with Gasteiger partial charge in [-0.1, -0.05) is 0 Å². The molecule has 1 saturated heterocycles. The van der Waals surface area contributed by atoms with Gasteiger partial charge in [0.15, 0.2) is 17.9 Å². The van der Waals surface area contributed by atoms with Crippen molar-refractivity contribution in [1.29, 1.82) is 0 Å². The highest BCUT2D eigenvalue weighted by Crippen LogP contribution is 2.38. The van der Waals surface area contributed by atoms with Gasteiger partial charge < -0.3 is 34.9 Å². The van der Waals surface area contributed by atoms with E-state index in [0.717, 1.165) is 0 Å². The molecule has 2 aliphatic rings.